The third kappa shape index (κ3) is 4.35. The highest BCUT2D eigenvalue weighted by Gasteiger charge is 2.22. The topological polar surface area (TPSA) is 104 Å². The number of aryl methyl sites for hydroxylation is 3. The van der Waals surface area contributed by atoms with E-state index in [0.29, 0.717) is 48.6 Å². The fraction of sp³-hybridized carbons (Fsp3) is 0.409. The van der Waals surface area contributed by atoms with Crippen LogP contribution in [0.15, 0.2) is 27.2 Å². The molecule has 4 aromatic heterocycles. The summed E-state index contributed by atoms with van der Waals surface area (Å²) in [5.41, 5.74) is 1.53. The van der Waals surface area contributed by atoms with Crippen LogP contribution >= 0.6 is 22.7 Å². The average Bonchev–Trinajstić information content (AvgIpc) is 3.37. The van der Waals surface area contributed by atoms with Gasteiger partial charge in [0.1, 0.15) is 10.7 Å². The second-order valence-electron chi connectivity index (χ2n) is 8.27. The van der Waals surface area contributed by atoms with Crippen LogP contribution in [0.4, 0.5) is 0 Å². The molecule has 0 aliphatic carbocycles. The van der Waals surface area contributed by atoms with Crippen LogP contribution in [-0.4, -0.2) is 61.2 Å². The van der Waals surface area contributed by atoms with Crippen molar-refractivity contribution in [1.29, 1.82) is 0 Å². The summed E-state index contributed by atoms with van der Waals surface area (Å²) < 4.78 is 1.55. The standard InChI is InChI=1S/C22H24N6O3S2/c1-13-14(2)33-21-19(13)20(31)24-16(25-21)3-4-17(29)27-7-5-26(6-8-27)12-15-11-18(30)28-9-10-32-22(28)23-15/h9-11H,3-8,12H2,1-2H3,(H,24,25,31). The Hall–Kier alpha value is -2.89. The van der Waals surface area contributed by atoms with Crippen LogP contribution in [0.3, 0.4) is 0 Å². The fourth-order valence-electron chi connectivity index (χ4n) is 4.15. The molecule has 0 aromatic carbocycles. The van der Waals surface area contributed by atoms with Crippen molar-refractivity contribution >= 4 is 43.8 Å². The molecule has 1 aliphatic heterocycles. The van der Waals surface area contributed by atoms with E-state index in [4.69, 9.17) is 0 Å². The van der Waals surface area contributed by atoms with Gasteiger partial charge in [-0.1, -0.05) is 0 Å². The van der Waals surface area contributed by atoms with Crippen molar-refractivity contribution in [1.82, 2.24) is 29.2 Å². The van der Waals surface area contributed by atoms with Crippen molar-refractivity contribution in [3.8, 4) is 0 Å². The molecule has 1 N–H and O–H groups in total. The molecule has 0 radical (unpaired) electrons. The second kappa shape index (κ2) is 8.81. The number of aromatic amines is 1. The van der Waals surface area contributed by atoms with Gasteiger partial charge in [-0.3, -0.25) is 23.7 Å². The number of thiophene rings is 1. The van der Waals surface area contributed by atoms with Gasteiger partial charge in [-0.2, -0.15) is 0 Å². The lowest BCUT2D eigenvalue weighted by Gasteiger charge is -2.34. The SMILES string of the molecule is Cc1sc2nc(CCC(=O)N3CCN(Cc4cc(=O)n5ccsc5n4)CC3)[nH]c(=O)c2c1C. The molecule has 5 rings (SSSR count). The minimum atomic E-state index is -0.133. The number of carbonyl (C=O) groups excluding carboxylic acids is 1. The summed E-state index contributed by atoms with van der Waals surface area (Å²) in [6.07, 6.45) is 2.45. The lowest BCUT2D eigenvalue weighted by Crippen LogP contribution is -2.48. The van der Waals surface area contributed by atoms with E-state index in [-0.39, 0.29) is 17.0 Å². The molecule has 0 unspecified atom stereocenters. The Morgan fingerprint density at radius 2 is 1.94 bits per heavy atom. The lowest BCUT2D eigenvalue weighted by atomic mass is 10.2. The molecule has 11 heteroatoms. The van der Waals surface area contributed by atoms with Crippen LogP contribution in [0.1, 0.15) is 28.4 Å². The number of H-pyrrole nitrogens is 1. The monoisotopic (exact) mass is 484 g/mol. The first-order valence-corrected chi connectivity index (χ1v) is 12.5. The third-order valence-corrected chi connectivity index (χ3v) is 7.99. The first kappa shape index (κ1) is 21.9. The van der Waals surface area contributed by atoms with E-state index < -0.39 is 0 Å². The van der Waals surface area contributed by atoms with E-state index in [9.17, 15) is 14.4 Å². The predicted molar refractivity (Wildman–Crippen MR) is 129 cm³/mol. The van der Waals surface area contributed by atoms with E-state index in [2.05, 4.69) is 19.9 Å². The number of amides is 1. The van der Waals surface area contributed by atoms with E-state index in [1.54, 1.807) is 16.7 Å². The predicted octanol–water partition coefficient (Wildman–Crippen LogP) is 1.95. The van der Waals surface area contributed by atoms with Crippen LogP contribution in [0, 0.1) is 13.8 Å². The normalized spacial score (nSPS) is 15.0. The number of nitrogens with zero attached hydrogens (tertiary/aromatic N) is 5. The number of fused-ring (bicyclic) bond motifs is 2. The average molecular weight is 485 g/mol. The zero-order valence-corrected chi connectivity index (χ0v) is 20.1. The van der Waals surface area contributed by atoms with Crippen LogP contribution in [0.2, 0.25) is 0 Å². The van der Waals surface area contributed by atoms with Crippen molar-refractivity contribution in [2.24, 2.45) is 0 Å². The number of thiazole rings is 1. The largest absolute Gasteiger partial charge is 0.340 e. The number of aromatic nitrogens is 4. The number of piperazine rings is 1. The zero-order chi connectivity index (χ0) is 23.1. The van der Waals surface area contributed by atoms with Crippen LogP contribution in [0.25, 0.3) is 15.2 Å². The maximum absolute atomic E-state index is 12.7. The van der Waals surface area contributed by atoms with Gasteiger partial charge in [0.15, 0.2) is 4.96 Å². The molecular formula is C22H24N6O3S2. The smallest absolute Gasteiger partial charge is 0.259 e. The minimum Gasteiger partial charge on any atom is -0.340 e. The Kier molecular flexibility index (Phi) is 5.85. The van der Waals surface area contributed by atoms with Gasteiger partial charge in [-0.05, 0) is 19.4 Å². The first-order chi connectivity index (χ1) is 15.9. The second-order valence-corrected chi connectivity index (χ2v) is 10.4. The molecule has 0 saturated carbocycles. The molecule has 1 fully saturated rings. The highest BCUT2D eigenvalue weighted by Crippen LogP contribution is 2.25. The zero-order valence-electron chi connectivity index (χ0n) is 18.5. The molecule has 1 saturated heterocycles. The molecule has 0 atom stereocenters. The van der Waals surface area contributed by atoms with Crippen LogP contribution in [-0.2, 0) is 17.8 Å². The molecule has 0 spiro atoms. The van der Waals surface area contributed by atoms with Gasteiger partial charge in [-0.25, -0.2) is 9.97 Å². The molecule has 9 nitrogen and oxygen atoms in total. The van der Waals surface area contributed by atoms with E-state index >= 15 is 0 Å². The maximum Gasteiger partial charge on any atom is 0.259 e. The van der Waals surface area contributed by atoms with Crippen molar-refractivity contribution < 1.29 is 4.79 Å². The quantitative estimate of drug-likeness (QED) is 0.464. The van der Waals surface area contributed by atoms with E-state index in [1.165, 1.54) is 22.7 Å². The Bertz CT molecular complexity index is 1460. The molecule has 33 heavy (non-hydrogen) atoms. The number of rotatable bonds is 5. The Labute approximate surface area is 197 Å². The number of hydrogen-bond acceptors (Lipinski definition) is 8. The molecule has 5 heterocycles. The summed E-state index contributed by atoms with van der Waals surface area (Å²) in [4.78, 5) is 55.9. The highest BCUT2D eigenvalue weighted by atomic mass is 32.1. The van der Waals surface area contributed by atoms with Gasteiger partial charge in [0.25, 0.3) is 11.1 Å². The van der Waals surface area contributed by atoms with Crippen molar-refractivity contribution in [3.05, 3.63) is 60.3 Å². The van der Waals surface area contributed by atoms with Crippen LogP contribution in [0.5, 0.6) is 0 Å². The molecule has 4 aromatic rings. The van der Waals surface area contributed by atoms with Gasteiger partial charge < -0.3 is 9.88 Å². The summed E-state index contributed by atoms with van der Waals surface area (Å²) in [7, 11) is 0. The van der Waals surface area contributed by atoms with Crippen molar-refractivity contribution in [2.75, 3.05) is 26.2 Å². The summed E-state index contributed by atoms with van der Waals surface area (Å²) >= 11 is 2.96. The van der Waals surface area contributed by atoms with Crippen LogP contribution < -0.4 is 11.1 Å². The molecule has 1 amide bonds. The third-order valence-electron chi connectivity index (χ3n) is 6.13. The van der Waals surface area contributed by atoms with Crippen molar-refractivity contribution in [2.45, 2.75) is 33.2 Å². The number of nitrogens with one attached hydrogen (secondary N) is 1. The van der Waals surface area contributed by atoms with Gasteiger partial charge in [0.2, 0.25) is 5.91 Å². The van der Waals surface area contributed by atoms with E-state index in [0.717, 1.165) is 34.1 Å². The molecule has 0 bridgehead atoms. The van der Waals surface area contributed by atoms with E-state index in [1.807, 2.05) is 24.1 Å². The summed E-state index contributed by atoms with van der Waals surface area (Å²) in [5.74, 6) is 0.620. The van der Waals surface area contributed by atoms with Gasteiger partial charge in [0.05, 0.1) is 11.1 Å². The van der Waals surface area contributed by atoms with Gasteiger partial charge in [0, 0.05) is 68.1 Å². The maximum atomic E-state index is 12.7. The summed E-state index contributed by atoms with van der Waals surface area (Å²) in [6, 6.07) is 1.58. The number of hydrogen-bond donors (Lipinski definition) is 1. The Morgan fingerprint density at radius 1 is 1.15 bits per heavy atom. The van der Waals surface area contributed by atoms with Gasteiger partial charge in [-0.15, -0.1) is 22.7 Å². The highest BCUT2D eigenvalue weighted by molar-refractivity contribution is 7.18. The summed E-state index contributed by atoms with van der Waals surface area (Å²) in [5, 5.41) is 2.50. The summed E-state index contributed by atoms with van der Waals surface area (Å²) in [6.45, 7) is 7.23. The van der Waals surface area contributed by atoms with Gasteiger partial charge >= 0.3 is 0 Å². The fourth-order valence-corrected chi connectivity index (χ4v) is 5.94. The Morgan fingerprint density at radius 3 is 2.73 bits per heavy atom. The lowest BCUT2D eigenvalue weighted by molar-refractivity contribution is -0.133. The van der Waals surface area contributed by atoms with Crippen molar-refractivity contribution in [3.63, 3.8) is 0 Å². The molecule has 1 aliphatic rings. The first-order valence-electron chi connectivity index (χ1n) is 10.8. The molecular weight excluding hydrogens is 460 g/mol. The Balaban J connectivity index is 1.16. The minimum absolute atomic E-state index is 0.0623. The molecule has 172 valence electrons. The number of carbonyl (C=O) groups is 1.